The minimum atomic E-state index is -3.49. The number of anilines is 1. The minimum Gasteiger partial charge on any atom is -0.366 e. The number of piperidine rings is 1. The average molecular weight is 351 g/mol. The molecule has 1 aromatic carbocycles. The van der Waals surface area contributed by atoms with Gasteiger partial charge in [0.05, 0.1) is 15.9 Å². The Bertz CT molecular complexity index is 842. The van der Waals surface area contributed by atoms with Crippen molar-refractivity contribution in [3.05, 3.63) is 41.0 Å². The summed E-state index contributed by atoms with van der Waals surface area (Å²) in [5.41, 5.74) is 0.265. The first kappa shape index (κ1) is 16.4. The van der Waals surface area contributed by atoms with E-state index in [0.717, 1.165) is 25.2 Å². The van der Waals surface area contributed by atoms with Crippen molar-refractivity contribution in [3.8, 4) is 0 Å². The van der Waals surface area contributed by atoms with Gasteiger partial charge in [0.2, 0.25) is 0 Å². The molecule has 1 fully saturated rings. The molecule has 2 heterocycles. The predicted octanol–water partition coefficient (Wildman–Crippen LogP) is 1.43. The summed E-state index contributed by atoms with van der Waals surface area (Å²) in [6.07, 6.45) is 5.77. The van der Waals surface area contributed by atoms with Gasteiger partial charge in [-0.15, -0.1) is 0 Å². The highest BCUT2D eigenvalue weighted by atomic mass is 32.2. The molecule has 128 valence electrons. The lowest BCUT2D eigenvalue weighted by Crippen LogP contribution is -2.35. The summed E-state index contributed by atoms with van der Waals surface area (Å²) in [5.74, 6) is 0. The van der Waals surface area contributed by atoms with Crippen LogP contribution < -0.4 is 4.90 Å². The molecule has 0 N–H and O–H groups in total. The molecule has 1 aromatic heterocycles. The molecule has 0 bridgehead atoms. The Morgan fingerprint density at radius 2 is 2.00 bits per heavy atom. The van der Waals surface area contributed by atoms with Crippen molar-refractivity contribution in [2.45, 2.75) is 23.8 Å². The standard InChI is InChI=1S/C14H17N5O4S/c1-24(22,23)12-2-3-13(14(8-12)19(20)21)17-6-4-11(5-7-17)18-10-15-9-16-18/h2-3,8-11H,4-7H2,1H3. The fourth-order valence-electron chi connectivity index (χ4n) is 2.92. The number of hydrogen-bond donors (Lipinski definition) is 0. The second-order valence-corrected chi connectivity index (χ2v) is 7.79. The van der Waals surface area contributed by atoms with E-state index in [1.165, 1.54) is 18.5 Å². The van der Waals surface area contributed by atoms with Crippen LogP contribution in [0.5, 0.6) is 0 Å². The van der Waals surface area contributed by atoms with E-state index < -0.39 is 14.8 Å². The largest absolute Gasteiger partial charge is 0.366 e. The summed E-state index contributed by atoms with van der Waals surface area (Å²) < 4.78 is 25.0. The van der Waals surface area contributed by atoms with Crippen molar-refractivity contribution in [3.63, 3.8) is 0 Å². The number of nitrogens with zero attached hydrogens (tertiary/aromatic N) is 5. The van der Waals surface area contributed by atoms with Gasteiger partial charge in [0.1, 0.15) is 18.3 Å². The lowest BCUT2D eigenvalue weighted by atomic mass is 10.0. The van der Waals surface area contributed by atoms with E-state index >= 15 is 0 Å². The number of nitro groups is 1. The Balaban J connectivity index is 1.84. The van der Waals surface area contributed by atoms with Gasteiger partial charge in [0, 0.05) is 25.4 Å². The summed E-state index contributed by atoms with van der Waals surface area (Å²) >= 11 is 0. The van der Waals surface area contributed by atoms with Crippen LogP contribution in [0.1, 0.15) is 18.9 Å². The van der Waals surface area contributed by atoms with Crippen LogP contribution in [-0.2, 0) is 9.84 Å². The zero-order chi connectivity index (χ0) is 17.3. The fraction of sp³-hybridized carbons (Fsp3) is 0.429. The Hall–Kier alpha value is -2.49. The van der Waals surface area contributed by atoms with Crippen molar-refractivity contribution in [2.75, 3.05) is 24.2 Å². The first-order chi connectivity index (χ1) is 11.4. The molecule has 10 heteroatoms. The van der Waals surface area contributed by atoms with Gasteiger partial charge in [0.25, 0.3) is 5.69 Å². The molecule has 2 aromatic rings. The van der Waals surface area contributed by atoms with Gasteiger partial charge >= 0.3 is 0 Å². The fourth-order valence-corrected chi connectivity index (χ4v) is 3.57. The Kier molecular flexibility index (Phi) is 4.22. The van der Waals surface area contributed by atoms with Crippen molar-refractivity contribution in [1.82, 2.24) is 14.8 Å². The first-order valence-electron chi connectivity index (χ1n) is 7.44. The first-order valence-corrected chi connectivity index (χ1v) is 9.33. The highest BCUT2D eigenvalue weighted by Crippen LogP contribution is 2.34. The molecule has 1 saturated heterocycles. The van der Waals surface area contributed by atoms with Crippen molar-refractivity contribution >= 4 is 21.2 Å². The second-order valence-electron chi connectivity index (χ2n) is 5.77. The molecule has 0 amide bonds. The monoisotopic (exact) mass is 351 g/mol. The summed E-state index contributed by atoms with van der Waals surface area (Å²) in [4.78, 5) is 16.6. The molecule has 0 saturated carbocycles. The number of rotatable bonds is 4. The molecular weight excluding hydrogens is 334 g/mol. The van der Waals surface area contributed by atoms with Crippen LogP contribution in [0.3, 0.4) is 0 Å². The predicted molar refractivity (Wildman–Crippen MR) is 86.7 cm³/mol. The van der Waals surface area contributed by atoms with Crippen LogP contribution in [0, 0.1) is 10.1 Å². The summed E-state index contributed by atoms with van der Waals surface area (Å²) in [6.45, 7) is 1.26. The molecule has 1 aliphatic heterocycles. The third kappa shape index (κ3) is 3.23. The Morgan fingerprint density at radius 1 is 1.29 bits per heavy atom. The molecule has 0 atom stereocenters. The van der Waals surface area contributed by atoms with Crippen LogP contribution in [0.15, 0.2) is 35.7 Å². The molecular formula is C14H17N5O4S. The second kappa shape index (κ2) is 6.19. The lowest BCUT2D eigenvalue weighted by Gasteiger charge is -2.33. The zero-order valence-electron chi connectivity index (χ0n) is 13.1. The van der Waals surface area contributed by atoms with Crippen molar-refractivity contribution < 1.29 is 13.3 Å². The number of sulfone groups is 1. The summed E-state index contributed by atoms with van der Waals surface area (Å²) in [5, 5.41) is 15.5. The maximum absolute atomic E-state index is 11.6. The van der Waals surface area contributed by atoms with Gasteiger partial charge in [-0.05, 0) is 25.0 Å². The molecule has 0 aliphatic carbocycles. The van der Waals surface area contributed by atoms with E-state index in [1.54, 1.807) is 11.0 Å². The Labute approximate surface area is 139 Å². The number of nitro benzene ring substituents is 1. The number of hydrogen-bond acceptors (Lipinski definition) is 7. The normalized spacial score (nSPS) is 16.3. The third-order valence-corrected chi connectivity index (χ3v) is 5.30. The van der Waals surface area contributed by atoms with E-state index in [9.17, 15) is 18.5 Å². The topological polar surface area (TPSA) is 111 Å². The van der Waals surface area contributed by atoms with E-state index in [4.69, 9.17) is 0 Å². The number of aromatic nitrogens is 3. The molecule has 0 unspecified atom stereocenters. The highest BCUT2D eigenvalue weighted by molar-refractivity contribution is 7.90. The summed E-state index contributed by atoms with van der Waals surface area (Å²) in [6, 6.07) is 4.29. The van der Waals surface area contributed by atoms with Crippen molar-refractivity contribution in [1.29, 1.82) is 0 Å². The maximum atomic E-state index is 11.6. The van der Waals surface area contributed by atoms with Gasteiger partial charge < -0.3 is 4.90 Å². The van der Waals surface area contributed by atoms with Gasteiger partial charge in [0.15, 0.2) is 9.84 Å². The zero-order valence-corrected chi connectivity index (χ0v) is 13.9. The van der Waals surface area contributed by atoms with Crippen LogP contribution in [0.2, 0.25) is 0 Å². The molecule has 9 nitrogen and oxygen atoms in total. The minimum absolute atomic E-state index is 0.0459. The van der Waals surface area contributed by atoms with Crippen LogP contribution in [0.25, 0.3) is 0 Å². The van der Waals surface area contributed by atoms with Gasteiger partial charge in [-0.3, -0.25) is 10.1 Å². The molecule has 3 rings (SSSR count). The van der Waals surface area contributed by atoms with Gasteiger partial charge in [-0.2, -0.15) is 5.10 Å². The summed E-state index contributed by atoms with van der Waals surface area (Å²) in [7, 11) is -3.49. The molecule has 0 radical (unpaired) electrons. The maximum Gasteiger partial charge on any atom is 0.293 e. The van der Waals surface area contributed by atoms with Crippen LogP contribution in [-0.4, -0.2) is 47.5 Å². The molecule has 24 heavy (non-hydrogen) atoms. The van der Waals surface area contributed by atoms with Crippen LogP contribution in [0.4, 0.5) is 11.4 Å². The van der Waals surface area contributed by atoms with E-state index in [1.807, 2.05) is 4.90 Å². The van der Waals surface area contributed by atoms with E-state index in [2.05, 4.69) is 10.1 Å². The average Bonchev–Trinajstić information content (AvgIpc) is 3.08. The highest BCUT2D eigenvalue weighted by Gasteiger charge is 2.27. The van der Waals surface area contributed by atoms with Gasteiger partial charge in [-0.1, -0.05) is 0 Å². The van der Waals surface area contributed by atoms with Gasteiger partial charge in [-0.25, -0.2) is 18.1 Å². The smallest absolute Gasteiger partial charge is 0.293 e. The van der Waals surface area contributed by atoms with Crippen molar-refractivity contribution in [2.24, 2.45) is 0 Å². The van der Waals surface area contributed by atoms with Crippen LogP contribution >= 0.6 is 0 Å². The SMILES string of the molecule is CS(=O)(=O)c1ccc(N2CCC(n3cncn3)CC2)c([N+](=O)[O-])c1. The van der Waals surface area contributed by atoms with E-state index in [0.29, 0.717) is 18.8 Å². The lowest BCUT2D eigenvalue weighted by molar-refractivity contribution is -0.384. The molecule has 1 aliphatic rings. The van der Waals surface area contributed by atoms with E-state index in [-0.39, 0.29) is 16.6 Å². The Morgan fingerprint density at radius 3 is 2.54 bits per heavy atom. The number of benzene rings is 1. The molecule has 0 spiro atoms. The quantitative estimate of drug-likeness (QED) is 0.605. The third-order valence-electron chi connectivity index (χ3n) is 4.19.